The van der Waals surface area contributed by atoms with Crippen LogP contribution in [0, 0.1) is 5.92 Å². The first-order valence-corrected chi connectivity index (χ1v) is 35.2. The van der Waals surface area contributed by atoms with Crippen LogP contribution in [-0.4, -0.2) is 120 Å². The Labute approximate surface area is 534 Å². The van der Waals surface area contributed by atoms with Crippen LogP contribution in [0.1, 0.15) is 310 Å². The molecule has 0 spiro atoms. The Balaban J connectivity index is 0.00000226. The largest absolute Gasteiger partial charge is 0.469 e. The summed E-state index contributed by atoms with van der Waals surface area (Å²) in [5.74, 6) is -2.57. The molecule has 512 valence electrons. The van der Waals surface area contributed by atoms with Crippen LogP contribution < -0.4 is 0 Å². The van der Waals surface area contributed by atoms with Gasteiger partial charge in [-0.15, -0.1) is 0 Å². The van der Waals surface area contributed by atoms with Gasteiger partial charge in [-0.3, -0.25) is 14.4 Å². The number of aliphatic hydroxyl groups is 3. The van der Waals surface area contributed by atoms with Crippen LogP contribution in [0.3, 0.4) is 0 Å². The van der Waals surface area contributed by atoms with Crippen molar-refractivity contribution in [1.29, 1.82) is 0 Å². The normalized spacial score (nSPS) is 15.8. The van der Waals surface area contributed by atoms with Crippen LogP contribution in [0.15, 0.2) is 38.0 Å². The molecular weight excluding hydrogens is 1120 g/mol. The van der Waals surface area contributed by atoms with E-state index in [9.17, 15) is 44.1 Å². The van der Waals surface area contributed by atoms with Gasteiger partial charge in [-0.2, -0.15) is 0 Å². The van der Waals surface area contributed by atoms with Gasteiger partial charge in [0.15, 0.2) is 0 Å². The number of esters is 6. The Morgan fingerprint density at radius 1 is 0.398 bits per heavy atom. The van der Waals surface area contributed by atoms with Gasteiger partial charge in [0, 0.05) is 49.8 Å². The number of hydrogen-bond donors (Lipinski definition) is 3. The molecule has 1 fully saturated rings. The Morgan fingerprint density at radius 3 is 1.06 bits per heavy atom. The lowest BCUT2D eigenvalue weighted by Gasteiger charge is -2.29. The van der Waals surface area contributed by atoms with Crippen molar-refractivity contribution in [2.75, 3.05) is 20.3 Å². The van der Waals surface area contributed by atoms with Gasteiger partial charge < -0.3 is 48.5 Å². The van der Waals surface area contributed by atoms with Crippen LogP contribution in [-0.2, 0) is 61.9 Å². The van der Waals surface area contributed by atoms with Crippen molar-refractivity contribution in [3.63, 3.8) is 0 Å². The van der Waals surface area contributed by atoms with Crippen molar-refractivity contribution in [3.8, 4) is 0 Å². The highest BCUT2D eigenvalue weighted by Crippen LogP contribution is 2.32. The first-order valence-electron chi connectivity index (χ1n) is 35.2. The van der Waals surface area contributed by atoms with E-state index in [1.165, 1.54) is 103 Å². The zero-order chi connectivity index (χ0) is 65.3. The van der Waals surface area contributed by atoms with Gasteiger partial charge in [0.05, 0.1) is 50.8 Å². The van der Waals surface area contributed by atoms with Crippen molar-refractivity contribution in [3.05, 3.63) is 38.0 Å². The molecule has 0 aromatic rings. The van der Waals surface area contributed by atoms with E-state index in [2.05, 4.69) is 45.2 Å². The van der Waals surface area contributed by atoms with E-state index in [1.54, 1.807) is 0 Å². The van der Waals surface area contributed by atoms with Gasteiger partial charge in [0.25, 0.3) is 0 Å². The second kappa shape index (κ2) is 59.2. The molecule has 9 unspecified atom stereocenters. The molecule has 1 aliphatic rings. The topological polar surface area (TPSA) is 231 Å². The zero-order valence-corrected chi connectivity index (χ0v) is 56.2. The predicted molar refractivity (Wildman–Crippen MR) is 350 cm³/mol. The van der Waals surface area contributed by atoms with Crippen LogP contribution in [0.5, 0.6) is 0 Å². The molecule has 0 aromatic carbocycles. The fourth-order valence-electron chi connectivity index (χ4n) is 10.8. The molecule has 0 aliphatic carbocycles. The summed E-state index contributed by atoms with van der Waals surface area (Å²) >= 11 is 0. The molecule has 1 aliphatic heterocycles. The van der Waals surface area contributed by atoms with Crippen molar-refractivity contribution >= 4 is 35.8 Å². The van der Waals surface area contributed by atoms with Gasteiger partial charge in [-0.05, 0) is 70.6 Å². The maximum Gasteiger partial charge on any atom is 0.330 e. The van der Waals surface area contributed by atoms with Crippen LogP contribution in [0.2, 0.25) is 0 Å². The highest BCUT2D eigenvalue weighted by Gasteiger charge is 2.37. The molecule has 0 aromatic heterocycles. The molecule has 1 saturated heterocycles. The number of methoxy groups -OCH3 is 1. The monoisotopic (exact) mass is 1250 g/mol. The van der Waals surface area contributed by atoms with Gasteiger partial charge in [0.2, 0.25) is 0 Å². The van der Waals surface area contributed by atoms with E-state index in [0.29, 0.717) is 63.6 Å². The molecule has 0 bridgehead atoms. The number of rotatable bonds is 61. The van der Waals surface area contributed by atoms with Crippen molar-refractivity contribution in [1.82, 2.24) is 0 Å². The van der Waals surface area contributed by atoms with E-state index in [0.717, 1.165) is 140 Å². The van der Waals surface area contributed by atoms with E-state index < -0.39 is 54.5 Å². The second-order valence-electron chi connectivity index (χ2n) is 24.7. The Kier molecular flexibility index (Phi) is 56.4. The summed E-state index contributed by atoms with van der Waals surface area (Å²) < 4.78 is 37.5. The minimum Gasteiger partial charge on any atom is -0.469 e. The summed E-state index contributed by atoms with van der Waals surface area (Å²) in [6.45, 7) is 19.2. The van der Waals surface area contributed by atoms with Gasteiger partial charge >= 0.3 is 35.8 Å². The van der Waals surface area contributed by atoms with E-state index in [4.69, 9.17) is 28.4 Å². The van der Waals surface area contributed by atoms with Gasteiger partial charge in [-0.1, -0.05) is 234 Å². The summed E-state index contributed by atoms with van der Waals surface area (Å²) in [6, 6.07) is 0. The standard InChI is InChI=1S/C49H86O11.C23H42O5/c1-6-10-12-14-18-25-31-42(59-46(52)8-3)41(51)36-45(60-47(53)9-4)40(50)30-24-22-23-29-35-49(55)57-38-39(5)37-56-48(54)34-28-21-17-16-20-27-33-44-43(58-44)32-26-19-15-13-11-7-2;1-4-6-7-8-12-15-18-21(28-22(25)5-2)20(24)17-14-11-9-10-13-16-19-23(26)27-3/h8-9,39-45,50-51H,3-4,6-7,10-38H2,1-2,5H3;5,20-21,24H,2,4,6-19H2,1,3H3. The maximum absolute atomic E-state index is 12.3. The number of hydrogen-bond acceptors (Lipinski definition) is 16. The summed E-state index contributed by atoms with van der Waals surface area (Å²) in [5, 5.41) is 32.4. The number of carbonyl (C=O) groups is 6. The average Bonchev–Trinajstić information content (AvgIpc) is 4.41. The van der Waals surface area contributed by atoms with E-state index in [-0.39, 0.29) is 49.9 Å². The minimum absolute atomic E-state index is 0.0956. The summed E-state index contributed by atoms with van der Waals surface area (Å²) in [4.78, 5) is 71.2. The minimum atomic E-state index is -1.15. The molecular formula is C72H128O16. The van der Waals surface area contributed by atoms with Gasteiger partial charge in [0.1, 0.15) is 18.3 Å². The lowest BCUT2D eigenvalue weighted by molar-refractivity contribution is -0.159. The molecule has 16 heteroatoms. The lowest BCUT2D eigenvalue weighted by Crippen LogP contribution is -2.39. The van der Waals surface area contributed by atoms with Crippen molar-refractivity contribution in [2.24, 2.45) is 5.92 Å². The highest BCUT2D eigenvalue weighted by molar-refractivity contribution is 5.82. The Bertz CT molecular complexity index is 1770. The second-order valence-corrected chi connectivity index (χ2v) is 24.7. The first kappa shape index (κ1) is 83.9. The summed E-state index contributed by atoms with van der Waals surface area (Å²) in [5.41, 5.74) is 0. The third-order valence-corrected chi connectivity index (χ3v) is 16.4. The fourth-order valence-corrected chi connectivity index (χ4v) is 10.8. The number of carbonyl (C=O) groups excluding carboxylic acids is 6. The molecule has 9 atom stereocenters. The predicted octanol–water partition coefficient (Wildman–Crippen LogP) is 16.2. The molecule has 0 saturated carbocycles. The fraction of sp³-hybridized carbons (Fsp3) is 0.833. The number of ether oxygens (including phenoxy) is 7. The average molecular weight is 1250 g/mol. The highest BCUT2D eigenvalue weighted by atomic mass is 16.6. The first-order chi connectivity index (χ1) is 42.6. The van der Waals surface area contributed by atoms with Crippen LogP contribution >= 0.6 is 0 Å². The molecule has 0 amide bonds. The molecule has 0 radical (unpaired) electrons. The quantitative estimate of drug-likeness (QED) is 0.0169. The van der Waals surface area contributed by atoms with Crippen molar-refractivity contribution < 1.29 is 77.2 Å². The maximum atomic E-state index is 12.3. The van der Waals surface area contributed by atoms with Crippen LogP contribution in [0.25, 0.3) is 0 Å². The smallest absolute Gasteiger partial charge is 0.330 e. The summed E-state index contributed by atoms with van der Waals surface area (Å²) in [7, 11) is 1.42. The SMILES string of the molecule is C=CC(=O)OC(CCCCCCCC)C(O)CC(OC(=O)C=C)C(O)CCCCCCC(=O)OCC(C)COC(=O)CCCCCCCCC1OC1CCCCCCCC.C=CC(=O)OC(CCCCCCCC)C(O)CCCCCCCCC(=O)OC. The lowest BCUT2D eigenvalue weighted by atomic mass is 9.96. The van der Waals surface area contributed by atoms with E-state index in [1.807, 2.05) is 6.92 Å². The molecule has 16 nitrogen and oxygen atoms in total. The third kappa shape index (κ3) is 50.6. The van der Waals surface area contributed by atoms with E-state index >= 15 is 0 Å². The molecule has 88 heavy (non-hydrogen) atoms. The molecule has 3 N–H and O–H groups in total. The van der Waals surface area contributed by atoms with Gasteiger partial charge in [-0.25, -0.2) is 14.4 Å². The Morgan fingerprint density at radius 2 is 0.693 bits per heavy atom. The Hall–Kier alpha value is -4.12. The summed E-state index contributed by atoms with van der Waals surface area (Å²) in [6.07, 6.45) is 41.3. The number of unbranched alkanes of at least 4 members (excludes halogenated alkanes) is 28. The van der Waals surface area contributed by atoms with Crippen molar-refractivity contribution in [2.45, 2.75) is 359 Å². The molecule has 1 heterocycles. The molecule has 1 rings (SSSR count). The number of aliphatic hydroxyl groups excluding tert-OH is 3. The number of epoxide rings is 1. The third-order valence-electron chi connectivity index (χ3n) is 16.4. The zero-order valence-electron chi connectivity index (χ0n) is 56.2. The van der Waals surface area contributed by atoms with Crippen LogP contribution in [0.4, 0.5) is 0 Å².